The number of ether oxygens (including phenoxy) is 1. The number of benzene rings is 1. The number of rotatable bonds is 4. The van der Waals surface area contributed by atoms with Crippen LogP contribution in [0.5, 0.6) is 5.19 Å². The number of aryl methyl sites for hydroxylation is 2. The van der Waals surface area contributed by atoms with Crippen molar-refractivity contribution in [3.8, 4) is 5.19 Å². The number of nitrogens with zero attached hydrogens (tertiary/aromatic N) is 3. The van der Waals surface area contributed by atoms with E-state index in [2.05, 4.69) is 24.0 Å². The number of amides is 3. The lowest BCUT2D eigenvalue weighted by Gasteiger charge is -2.32. The second-order valence-electron chi connectivity index (χ2n) is 7.43. The van der Waals surface area contributed by atoms with Gasteiger partial charge in [0, 0.05) is 38.8 Å². The van der Waals surface area contributed by atoms with Gasteiger partial charge in [-0.1, -0.05) is 23.5 Å². The molecular formula is C20H23N3O4S. The van der Waals surface area contributed by atoms with Crippen LogP contribution in [0, 0.1) is 13.8 Å². The summed E-state index contributed by atoms with van der Waals surface area (Å²) in [5.41, 5.74) is 3.32. The molecule has 0 bridgehead atoms. The summed E-state index contributed by atoms with van der Waals surface area (Å²) >= 11 is 1.57. The number of carbonyl (C=O) groups is 3. The molecule has 0 spiro atoms. The Kier molecular flexibility index (Phi) is 5.05. The van der Waals surface area contributed by atoms with Crippen LogP contribution in [0.2, 0.25) is 0 Å². The minimum absolute atomic E-state index is 0.0141. The zero-order valence-electron chi connectivity index (χ0n) is 16.1. The maximum atomic E-state index is 12.4. The van der Waals surface area contributed by atoms with Gasteiger partial charge in [0.15, 0.2) is 0 Å². The number of aromatic nitrogens is 1. The molecule has 0 unspecified atom stereocenters. The molecule has 28 heavy (non-hydrogen) atoms. The van der Waals surface area contributed by atoms with Crippen LogP contribution >= 0.6 is 11.3 Å². The molecular weight excluding hydrogens is 378 g/mol. The van der Waals surface area contributed by atoms with E-state index in [9.17, 15) is 14.4 Å². The molecule has 1 aromatic heterocycles. The third kappa shape index (κ3) is 3.61. The van der Waals surface area contributed by atoms with Gasteiger partial charge in [-0.15, -0.1) is 0 Å². The molecule has 4 rings (SSSR count). The van der Waals surface area contributed by atoms with Crippen molar-refractivity contribution >= 4 is 39.3 Å². The highest BCUT2D eigenvalue weighted by atomic mass is 32.1. The van der Waals surface area contributed by atoms with E-state index in [4.69, 9.17) is 4.74 Å². The highest BCUT2D eigenvalue weighted by Gasteiger charge is 2.33. The van der Waals surface area contributed by atoms with Crippen LogP contribution in [-0.2, 0) is 14.4 Å². The SMILES string of the molecule is Cc1ccc(C)c2sc(OC3CCN(C(=O)CN4C(=O)CCC4=O)CC3)nc12. The van der Waals surface area contributed by atoms with E-state index >= 15 is 0 Å². The molecule has 0 aliphatic carbocycles. The number of likely N-dealkylation sites (tertiary alicyclic amines) is 2. The zero-order chi connectivity index (χ0) is 19.8. The van der Waals surface area contributed by atoms with Crippen molar-refractivity contribution in [2.24, 2.45) is 0 Å². The molecule has 3 amide bonds. The Hall–Kier alpha value is -2.48. The average Bonchev–Trinajstić information content (AvgIpc) is 3.25. The molecule has 2 saturated heterocycles. The predicted molar refractivity (Wildman–Crippen MR) is 105 cm³/mol. The molecule has 0 atom stereocenters. The highest BCUT2D eigenvalue weighted by Crippen LogP contribution is 2.33. The smallest absolute Gasteiger partial charge is 0.274 e. The number of thiazole rings is 1. The van der Waals surface area contributed by atoms with Gasteiger partial charge in [-0.2, -0.15) is 0 Å². The molecule has 1 aromatic carbocycles. The summed E-state index contributed by atoms with van der Waals surface area (Å²) in [6.45, 7) is 5.10. The Labute approximate surface area is 167 Å². The summed E-state index contributed by atoms with van der Waals surface area (Å²) in [5, 5.41) is 0.672. The van der Waals surface area contributed by atoms with E-state index in [1.165, 1.54) is 5.56 Å². The van der Waals surface area contributed by atoms with Gasteiger partial charge in [-0.3, -0.25) is 19.3 Å². The average molecular weight is 401 g/mol. The maximum absolute atomic E-state index is 12.4. The second-order valence-corrected chi connectivity index (χ2v) is 8.39. The van der Waals surface area contributed by atoms with Crippen molar-refractivity contribution in [2.45, 2.75) is 45.6 Å². The van der Waals surface area contributed by atoms with Crippen LogP contribution in [0.3, 0.4) is 0 Å². The topological polar surface area (TPSA) is 79.8 Å². The Morgan fingerprint density at radius 2 is 1.79 bits per heavy atom. The fraction of sp³-hybridized carbons (Fsp3) is 0.500. The first kappa shape index (κ1) is 18.9. The van der Waals surface area contributed by atoms with Gasteiger partial charge in [-0.25, -0.2) is 4.98 Å². The molecule has 0 N–H and O–H groups in total. The van der Waals surface area contributed by atoms with Crippen LogP contribution in [0.15, 0.2) is 12.1 Å². The molecule has 0 radical (unpaired) electrons. The van der Waals surface area contributed by atoms with Crippen molar-refractivity contribution in [2.75, 3.05) is 19.6 Å². The Bertz CT molecular complexity index is 891. The zero-order valence-corrected chi connectivity index (χ0v) is 16.9. The molecule has 8 heteroatoms. The molecule has 0 saturated carbocycles. The largest absolute Gasteiger partial charge is 0.467 e. The maximum Gasteiger partial charge on any atom is 0.274 e. The number of fused-ring (bicyclic) bond motifs is 1. The lowest BCUT2D eigenvalue weighted by atomic mass is 10.1. The quantitative estimate of drug-likeness (QED) is 0.735. The molecule has 148 valence electrons. The van der Waals surface area contributed by atoms with Gasteiger partial charge < -0.3 is 9.64 Å². The van der Waals surface area contributed by atoms with E-state index in [0.29, 0.717) is 31.1 Å². The van der Waals surface area contributed by atoms with Crippen molar-refractivity contribution in [3.05, 3.63) is 23.3 Å². The van der Waals surface area contributed by atoms with Crippen LogP contribution in [0.25, 0.3) is 10.2 Å². The number of imide groups is 1. The number of hydrogen-bond acceptors (Lipinski definition) is 6. The lowest BCUT2D eigenvalue weighted by molar-refractivity contribution is -0.146. The summed E-state index contributed by atoms with van der Waals surface area (Å²) in [6, 6.07) is 4.17. The number of hydrogen-bond donors (Lipinski definition) is 0. The van der Waals surface area contributed by atoms with Gasteiger partial charge in [0.1, 0.15) is 12.6 Å². The fourth-order valence-corrected chi connectivity index (χ4v) is 4.72. The van der Waals surface area contributed by atoms with Crippen molar-refractivity contribution < 1.29 is 19.1 Å². The summed E-state index contributed by atoms with van der Waals surface area (Å²) < 4.78 is 7.25. The summed E-state index contributed by atoms with van der Waals surface area (Å²) in [7, 11) is 0. The van der Waals surface area contributed by atoms with E-state index < -0.39 is 0 Å². The monoisotopic (exact) mass is 401 g/mol. The van der Waals surface area contributed by atoms with Crippen LogP contribution in [-0.4, -0.2) is 58.2 Å². The number of piperidine rings is 1. The Balaban J connectivity index is 1.34. The van der Waals surface area contributed by atoms with Gasteiger partial charge in [0.05, 0.1) is 10.2 Å². The Morgan fingerprint density at radius 3 is 2.43 bits per heavy atom. The van der Waals surface area contributed by atoms with Crippen molar-refractivity contribution in [1.29, 1.82) is 0 Å². The molecule has 3 heterocycles. The predicted octanol–water partition coefficient (Wildman–Crippen LogP) is 2.43. The first-order valence-corrected chi connectivity index (χ1v) is 10.4. The standard InChI is InChI=1S/C20H23N3O4S/c1-12-3-4-13(2)19-18(12)21-20(28-19)27-14-7-9-22(10-8-14)17(26)11-23-15(24)5-6-16(23)25/h3-4,14H,5-11H2,1-2H3. The van der Waals surface area contributed by atoms with Gasteiger partial charge >= 0.3 is 0 Å². The van der Waals surface area contributed by atoms with Gasteiger partial charge in [-0.05, 0) is 25.0 Å². The van der Waals surface area contributed by atoms with E-state index in [0.717, 1.165) is 20.7 Å². The first-order chi connectivity index (χ1) is 13.4. The first-order valence-electron chi connectivity index (χ1n) is 9.57. The van der Waals surface area contributed by atoms with Gasteiger partial charge in [0.25, 0.3) is 5.19 Å². The molecule has 2 aromatic rings. The van der Waals surface area contributed by atoms with Crippen LogP contribution in [0.1, 0.15) is 36.8 Å². The highest BCUT2D eigenvalue weighted by molar-refractivity contribution is 7.20. The third-order valence-corrected chi connectivity index (χ3v) is 6.51. The number of carbonyl (C=O) groups excluding carboxylic acids is 3. The third-order valence-electron chi connectivity index (χ3n) is 5.43. The van der Waals surface area contributed by atoms with Crippen LogP contribution < -0.4 is 4.74 Å². The van der Waals surface area contributed by atoms with E-state index in [1.54, 1.807) is 16.2 Å². The molecule has 2 aliphatic heterocycles. The molecule has 7 nitrogen and oxygen atoms in total. The minimum Gasteiger partial charge on any atom is -0.467 e. The summed E-state index contributed by atoms with van der Waals surface area (Å²) in [5.74, 6) is -0.677. The lowest BCUT2D eigenvalue weighted by Crippen LogP contribution is -2.47. The van der Waals surface area contributed by atoms with Gasteiger partial charge in [0.2, 0.25) is 17.7 Å². The Morgan fingerprint density at radius 1 is 1.14 bits per heavy atom. The van der Waals surface area contributed by atoms with E-state index in [-0.39, 0.29) is 43.2 Å². The fourth-order valence-electron chi connectivity index (χ4n) is 3.69. The van der Waals surface area contributed by atoms with Crippen LogP contribution in [0.4, 0.5) is 0 Å². The summed E-state index contributed by atoms with van der Waals surface area (Å²) in [4.78, 5) is 43.2. The normalized spacial score (nSPS) is 18.4. The van der Waals surface area contributed by atoms with E-state index in [1.807, 2.05) is 6.92 Å². The summed E-state index contributed by atoms with van der Waals surface area (Å²) in [6.07, 6.45) is 1.86. The minimum atomic E-state index is -0.252. The van der Waals surface area contributed by atoms with Crippen molar-refractivity contribution in [1.82, 2.24) is 14.8 Å². The van der Waals surface area contributed by atoms with Crippen molar-refractivity contribution in [3.63, 3.8) is 0 Å². The molecule has 2 aliphatic rings. The second kappa shape index (κ2) is 7.50. The molecule has 2 fully saturated rings.